The summed E-state index contributed by atoms with van der Waals surface area (Å²) in [6.45, 7) is 3.14. The first-order valence-corrected chi connectivity index (χ1v) is 8.08. The number of ether oxygens (including phenoxy) is 1. The van der Waals surface area contributed by atoms with Crippen LogP contribution in [-0.2, 0) is 16.1 Å². The van der Waals surface area contributed by atoms with Gasteiger partial charge in [0.15, 0.2) is 0 Å². The highest BCUT2D eigenvalue weighted by Gasteiger charge is 2.39. The van der Waals surface area contributed by atoms with Crippen LogP contribution in [0.5, 0.6) is 0 Å². The fraction of sp³-hybridized carbons (Fsp3) is 0.500. The molecule has 1 N–H and O–H groups in total. The van der Waals surface area contributed by atoms with E-state index < -0.39 is 0 Å². The van der Waals surface area contributed by atoms with Gasteiger partial charge in [-0.2, -0.15) is 4.98 Å². The van der Waals surface area contributed by atoms with Gasteiger partial charge in [-0.25, -0.2) is 0 Å². The van der Waals surface area contributed by atoms with Crippen molar-refractivity contribution in [2.45, 2.75) is 25.0 Å². The highest BCUT2D eigenvalue weighted by atomic mass is 16.5. The van der Waals surface area contributed by atoms with Crippen molar-refractivity contribution in [2.75, 3.05) is 26.2 Å². The Kier molecular flexibility index (Phi) is 3.99. The number of hydrogen-bond donors (Lipinski definition) is 1. The molecule has 4 heterocycles. The van der Waals surface area contributed by atoms with Crippen LogP contribution in [-0.4, -0.2) is 57.8 Å². The van der Waals surface area contributed by atoms with E-state index in [1.165, 1.54) is 0 Å². The Hall–Kier alpha value is -2.32. The van der Waals surface area contributed by atoms with Crippen LogP contribution in [0.15, 0.2) is 29.0 Å². The summed E-state index contributed by atoms with van der Waals surface area (Å²) < 4.78 is 11.1. The van der Waals surface area contributed by atoms with Gasteiger partial charge in [-0.1, -0.05) is 5.16 Å². The number of aromatic nitrogens is 3. The van der Waals surface area contributed by atoms with Crippen LogP contribution >= 0.6 is 0 Å². The van der Waals surface area contributed by atoms with Crippen molar-refractivity contribution >= 4 is 5.91 Å². The number of nitrogens with zero attached hydrogens (tertiary/aromatic N) is 4. The van der Waals surface area contributed by atoms with Gasteiger partial charge in [-0.05, 0) is 25.0 Å². The molecule has 2 fully saturated rings. The van der Waals surface area contributed by atoms with Crippen molar-refractivity contribution in [1.82, 2.24) is 25.3 Å². The van der Waals surface area contributed by atoms with Crippen molar-refractivity contribution in [3.8, 4) is 11.4 Å². The van der Waals surface area contributed by atoms with Crippen LogP contribution in [0.3, 0.4) is 0 Å². The summed E-state index contributed by atoms with van der Waals surface area (Å²) in [4.78, 5) is 22.0. The second-order valence-electron chi connectivity index (χ2n) is 6.28. The van der Waals surface area contributed by atoms with E-state index in [0.29, 0.717) is 24.8 Å². The number of carbonyl (C=O) groups excluding carboxylic acids is 1. The van der Waals surface area contributed by atoms with E-state index in [-0.39, 0.29) is 18.1 Å². The SMILES string of the molecule is O=C1COC2(CCN(Cc3nc(-c4cccnc4)no3)CC2)CN1. The zero-order valence-electron chi connectivity index (χ0n) is 13.3. The first-order chi connectivity index (χ1) is 11.7. The van der Waals surface area contributed by atoms with Crippen molar-refractivity contribution < 1.29 is 14.1 Å². The van der Waals surface area contributed by atoms with Crippen LogP contribution in [0, 0.1) is 0 Å². The van der Waals surface area contributed by atoms with Gasteiger partial charge in [0.1, 0.15) is 6.61 Å². The Morgan fingerprint density at radius 2 is 2.21 bits per heavy atom. The van der Waals surface area contributed by atoms with E-state index in [1.807, 2.05) is 12.1 Å². The Morgan fingerprint density at radius 3 is 2.92 bits per heavy atom. The molecule has 1 spiro atoms. The maximum Gasteiger partial charge on any atom is 0.246 e. The van der Waals surface area contributed by atoms with Crippen molar-refractivity contribution in [1.29, 1.82) is 0 Å². The van der Waals surface area contributed by atoms with Gasteiger partial charge >= 0.3 is 0 Å². The first-order valence-electron chi connectivity index (χ1n) is 8.08. The van der Waals surface area contributed by atoms with Crippen LogP contribution < -0.4 is 5.32 Å². The molecule has 2 aliphatic rings. The fourth-order valence-electron chi connectivity index (χ4n) is 3.14. The van der Waals surface area contributed by atoms with Crippen molar-refractivity contribution in [2.24, 2.45) is 0 Å². The molecule has 0 bridgehead atoms. The maximum atomic E-state index is 11.2. The van der Waals surface area contributed by atoms with Crippen molar-refractivity contribution in [3.63, 3.8) is 0 Å². The minimum Gasteiger partial charge on any atom is -0.363 e. The minimum absolute atomic E-state index is 0.0307. The molecule has 0 atom stereocenters. The number of nitrogens with one attached hydrogen (secondary N) is 1. The normalized spacial score (nSPS) is 20.9. The molecule has 2 aromatic rings. The second-order valence-corrected chi connectivity index (χ2v) is 6.28. The number of amides is 1. The summed E-state index contributed by atoms with van der Waals surface area (Å²) in [6, 6.07) is 3.75. The summed E-state index contributed by atoms with van der Waals surface area (Å²) in [5.74, 6) is 1.13. The Morgan fingerprint density at radius 1 is 1.33 bits per heavy atom. The molecular formula is C16H19N5O3. The lowest BCUT2D eigenvalue weighted by Gasteiger charge is -2.43. The van der Waals surface area contributed by atoms with E-state index >= 15 is 0 Å². The molecule has 8 nitrogen and oxygen atoms in total. The molecule has 1 amide bonds. The zero-order chi connectivity index (χ0) is 16.4. The topological polar surface area (TPSA) is 93.4 Å². The number of carbonyl (C=O) groups is 1. The smallest absolute Gasteiger partial charge is 0.246 e. The van der Waals surface area contributed by atoms with Crippen LogP contribution in [0.2, 0.25) is 0 Å². The van der Waals surface area contributed by atoms with E-state index in [0.717, 1.165) is 31.5 Å². The molecule has 8 heteroatoms. The highest BCUT2D eigenvalue weighted by molar-refractivity contribution is 5.78. The van der Waals surface area contributed by atoms with Gasteiger partial charge in [-0.3, -0.25) is 14.7 Å². The van der Waals surface area contributed by atoms with Crippen LogP contribution in [0.25, 0.3) is 11.4 Å². The summed E-state index contributed by atoms with van der Waals surface area (Å²) in [5.41, 5.74) is 0.636. The Balaban J connectivity index is 1.34. The number of hydrogen-bond acceptors (Lipinski definition) is 7. The molecule has 0 unspecified atom stereocenters. The summed E-state index contributed by atoms with van der Waals surface area (Å²) in [5, 5.41) is 6.92. The number of likely N-dealkylation sites (tertiary alicyclic amines) is 1. The molecule has 0 aromatic carbocycles. The largest absolute Gasteiger partial charge is 0.363 e. The van der Waals surface area contributed by atoms with Gasteiger partial charge < -0.3 is 14.6 Å². The molecule has 0 saturated carbocycles. The molecule has 2 aliphatic heterocycles. The minimum atomic E-state index is -0.208. The summed E-state index contributed by atoms with van der Waals surface area (Å²) >= 11 is 0. The molecule has 2 aromatic heterocycles. The quantitative estimate of drug-likeness (QED) is 0.882. The van der Waals surface area contributed by atoms with E-state index in [9.17, 15) is 4.79 Å². The predicted octanol–water partition coefficient (Wildman–Crippen LogP) is 0.613. The zero-order valence-corrected chi connectivity index (χ0v) is 13.3. The summed E-state index contributed by atoms with van der Waals surface area (Å²) in [7, 11) is 0. The number of pyridine rings is 1. The maximum absolute atomic E-state index is 11.2. The average molecular weight is 329 g/mol. The van der Waals surface area contributed by atoms with E-state index in [1.54, 1.807) is 12.4 Å². The lowest BCUT2D eigenvalue weighted by molar-refractivity contribution is -0.150. The van der Waals surface area contributed by atoms with Gasteiger partial charge in [0.25, 0.3) is 0 Å². The highest BCUT2D eigenvalue weighted by Crippen LogP contribution is 2.28. The predicted molar refractivity (Wildman–Crippen MR) is 83.7 cm³/mol. The lowest BCUT2D eigenvalue weighted by Crippen LogP contribution is -2.57. The number of morpholine rings is 1. The van der Waals surface area contributed by atoms with Crippen molar-refractivity contribution in [3.05, 3.63) is 30.4 Å². The molecule has 24 heavy (non-hydrogen) atoms. The molecule has 0 aliphatic carbocycles. The van der Waals surface area contributed by atoms with Gasteiger partial charge in [-0.15, -0.1) is 0 Å². The number of piperidine rings is 1. The molecule has 0 radical (unpaired) electrons. The van der Waals surface area contributed by atoms with Gasteiger partial charge in [0.05, 0.1) is 12.1 Å². The Bertz CT molecular complexity index is 698. The van der Waals surface area contributed by atoms with Crippen LogP contribution in [0.4, 0.5) is 0 Å². The molecular weight excluding hydrogens is 310 g/mol. The monoisotopic (exact) mass is 329 g/mol. The second kappa shape index (κ2) is 6.29. The van der Waals surface area contributed by atoms with Crippen LogP contribution in [0.1, 0.15) is 18.7 Å². The van der Waals surface area contributed by atoms with E-state index in [4.69, 9.17) is 9.26 Å². The molecule has 126 valence electrons. The number of rotatable bonds is 3. The fourth-order valence-corrected chi connectivity index (χ4v) is 3.14. The third-order valence-corrected chi connectivity index (χ3v) is 4.63. The average Bonchev–Trinajstić information content (AvgIpc) is 3.09. The molecule has 2 saturated heterocycles. The van der Waals surface area contributed by atoms with Gasteiger partial charge in [0.2, 0.25) is 17.6 Å². The van der Waals surface area contributed by atoms with Gasteiger partial charge in [0, 0.05) is 37.6 Å². The summed E-state index contributed by atoms with van der Waals surface area (Å²) in [6.07, 6.45) is 5.20. The van der Waals surface area contributed by atoms with E-state index in [2.05, 4.69) is 25.3 Å². The third-order valence-electron chi connectivity index (χ3n) is 4.63. The molecule has 4 rings (SSSR count). The first kappa shape index (κ1) is 15.2. The standard InChI is InChI=1S/C16H19N5O3/c22-13-10-23-16(11-18-13)3-6-21(7-4-16)9-14-19-15(20-24-14)12-2-1-5-17-8-12/h1-2,5,8H,3-4,6-7,9-11H2,(H,18,22). The Labute approximate surface area is 139 Å². The third kappa shape index (κ3) is 3.15. The lowest BCUT2D eigenvalue weighted by atomic mass is 9.90.